The maximum Gasteiger partial charge on any atom is 0.338 e. The summed E-state index contributed by atoms with van der Waals surface area (Å²) >= 11 is 0. The molecule has 17 heavy (non-hydrogen) atoms. The minimum Gasteiger partial charge on any atom is -0.493 e. The highest BCUT2D eigenvalue weighted by molar-refractivity contribution is 5.88. The van der Waals surface area contributed by atoms with Crippen LogP contribution in [0.3, 0.4) is 0 Å². The molecule has 0 aliphatic heterocycles. The molecule has 0 saturated heterocycles. The molecule has 0 aliphatic rings. The van der Waals surface area contributed by atoms with Crippen LogP contribution in [0.25, 0.3) is 0 Å². The Balaban J connectivity index is 2.59. The second-order valence-electron chi connectivity index (χ2n) is 3.85. The summed E-state index contributed by atoms with van der Waals surface area (Å²) in [7, 11) is 0. The van der Waals surface area contributed by atoms with Gasteiger partial charge in [0.05, 0.1) is 6.61 Å². The molecule has 0 amide bonds. The summed E-state index contributed by atoms with van der Waals surface area (Å²) in [4.78, 5) is 11.3. The Hall–Kier alpha value is -1.77. The molecule has 0 unspecified atom stereocenters. The van der Waals surface area contributed by atoms with E-state index in [2.05, 4.69) is 13.5 Å². The number of carbonyl (C=O) groups excluding carboxylic acids is 1. The highest BCUT2D eigenvalue weighted by atomic mass is 16.5. The minimum absolute atomic E-state index is 0.377. The van der Waals surface area contributed by atoms with E-state index in [1.165, 1.54) is 0 Å². The van der Waals surface area contributed by atoms with Gasteiger partial charge in [-0.25, -0.2) is 4.79 Å². The van der Waals surface area contributed by atoms with E-state index in [0.29, 0.717) is 23.7 Å². The zero-order valence-electron chi connectivity index (χ0n) is 10.4. The largest absolute Gasteiger partial charge is 0.493 e. The number of hydrogen-bond acceptors (Lipinski definition) is 3. The lowest BCUT2D eigenvalue weighted by molar-refractivity contribution is -0.130. The predicted molar refractivity (Wildman–Crippen MR) is 67.3 cm³/mol. The monoisotopic (exact) mass is 234 g/mol. The third-order valence-corrected chi connectivity index (χ3v) is 2.13. The number of benzene rings is 1. The normalized spacial score (nSPS) is 9.76. The van der Waals surface area contributed by atoms with Crippen LogP contribution in [-0.4, -0.2) is 12.6 Å². The average Bonchev–Trinajstić information content (AvgIpc) is 2.30. The molecule has 1 rings (SSSR count). The number of rotatable bonds is 6. The molecule has 0 N–H and O–H groups in total. The van der Waals surface area contributed by atoms with Crippen molar-refractivity contribution in [2.24, 2.45) is 0 Å². The smallest absolute Gasteiger partial charge is 0.338 e. The molecule has 1 aromatic rings. The summed E-state index contributed by atoms with van der Waals surface area (Å²) in [6, 6.07) is 7.06. The lowest BCUT2D eigenvalue weighted by Crippen LogP contribution is -2.08. The van der Waals surface area contributed by atoms with Gasteiger partial charge in [-0.3, -0.25) is 0 Å². The summed E-state index contributed by atoms with van der Waals surface area (Å²) < 4.78 is 10.6. The first-order valence-corrected chi connectivity index (χ1v) is 5.74. The lowest BCUT2D eigenvalue weighted by Gasteiger charge is -2.07. The van der Waals surface area contributed by atoms with Crippen molar-refractivity contribution in [1.82, 2.24) is 0 Å². The van der Waals surface area contributed by atoms with Gasteiger partial charge in [0.25, 0.3) is 0 Å². The first-order valence-electron chi connectivity index (χ1n) is 5.74. The Labute approximate surface area is 102 Å². The van der Waals surface area contributed by atoms with Crippen molar-refractivity contribution < 1.29 is 14.3 Å². The molecule has 0 saturated carbocycles. The number of carbonyl (C=O) groups is 1. The highest BCUT2D eigenvalue weighted by Crippen LogP contribution is 2.20. The van der Waals surface area contributed by atoms with Gasteiger partial charge in [-0.05, 0) is 25.5 Å². The maximum absolute atomic E-state index is 11.3. The van der Waals surface area contributed by atoms with Crippen LogP contribution >= 0.6 is 0 Å². The molecule has 0 aliphatic carbocycles. The van der Waals surface area contributed by atoms with Gasteiger partial charge in [0.1, 0.15) is 11.5 Å². The van der Waals surface area contributed by atoms with E-state index in [4.69, 9.17) is 9.47 Å². The first-order chi connectivity index (χ1) is 8.13. The van der Waals surface area contributed by atoms with Crippen molar-refractivity contribution in [3.8, 4) is 11.5 Å². The molecule has 0 radical (unpaired) electrons. The quantitative estimate of drug-likeness (QED) is 0.328. The fourth-order valence-corrected chi connectivity index (χ4v) is 1.16. The second-order valence-corrected chi connectivity index (χ2v) is 3.85. The molecule has 3 heteroatoms. The second kappa shape index (κ2) is 6.74. The number of ether oxygens (including phenoxy) is 2. The van der Waals surface area contributed by atoms with Crippen molar-refractivity contribution in [1.29, 1.82) is 0 Å². The van der Waals surface area contributed by atoms with Gasteiger partial charge in [-0.15, -0.1) is 0 Å². The van der Waals surface area contributed by atoms with Gasteiger partial charge in [0, 0.05) is 11.6 Å². The van der Waals surface area contributed by atoms with Crippen molar-refractivity contribution in [2.75, 3.05) is 6.61 Å². The highest BCUT2D eigenvalue weighted by Gasteiger charge is 2.05. The molecule has 0 bridgehead atoms. The topological polar surface area (TPSA) is 35.5 Å². The summed E-state index contributed by atoms with van der Waals surface area (Å²) in [6.07, 6.45) is 2.10. The van der Waals surface area contributed by atoms with Gasteiger partial charge in [-0.1, -0.05) is 26.0 Å². The zero-order chi connectivity index (χ0) is 12.7. The van der Waals surface area contributed by atoms with Crippen molar-refractivity contribution in [2.45, 2.75) is 26.7 Å². The Morgan fingerprint density at radius 1 is 1.35 bits per heavy atom. The van der Waals surface area contributed by atoms with E-state index in [0.717, 1.165) is 12.8 Å². The van der Waals surface area contributed by atoms with E-state index in [1.54, 1.807) is 25.1 Å². The summed E-state index contributed by atoms with van der Waals surface area (Å²) in [6.45, 7) is 7.92. The van der Waals surface area contributed by atoms with Gasteiger partial charge in [0.2, 0.25) is 0 Å². The third kappa shape index (κ3) is 4.72. The van der Waals surface area contributed by atoms with Crippen LogP contribution in [0.15, 0.2) is 36.4 Å². The molecule has 0 heterocycles. The minimum atomic E-state index is -0.421. The molecule has 0 spiro atoms. The van der Waals surface area contributed by atoms with E-state index in [1.807, 2.05) is 6.07 Å². The van der Waals surface area contributed by atoms with Crippen molar-refractivity contribution >= 4 is 5.97 Å². The Kier molecular flexibility index (Phi) is 5.27. The lowest BCUT2D eigenvalue weighted by atomic mass is 10.3. The molecule has 3 nitrogen and oxygen atoms in total. The van der Waals surface area contributed by atoms with Crippen molar-refractivity contribution in [3.05, 3.63) is 36.4 Å². The Morgan fingerprint density at radius 3 is 2.71 bits per heavy atom. The average molecular weight is 234 g/mol. The maximum atomic E-state index is 11.3. The molecule has 0 atom stereocenters. The summed E-state index contributed by atoms with van der Waals surface area (Å²) in [5, 5.41) is 0. The van der Waals surface area contributed by atoms with E-state index in [9.17, 15) is 4.79 Å². The number of hydrogen-bond donors (Lipinski definition) is 0. The van der Waals surface area contributed by atoms with Crippen LogP contribution in [0.4, 0.5) is 0 Å². The Bertz CT molecular complexity index is 396. The molecule has 0 fully saturated rings. The molecular weight excluding hydrogens is 216 g/mol. The van der Waals surface area contributed by atoms with Gasteiger partial charge >= 0.3 is 5.97 Å². The molecule has 1 aromatic carbocycles. The Morgan fingerprint density at radius 2 is 2.06 bits per heavy atom. The number of unbranched alkanes of at least 4 members (excludes halogenated alkanes) is 1. The van der Waals surface area contributed by atoms with Crippen molar-refractivity contribution in [3.63, 3.8) is 0 Å². The van der Waals surface area contributed by atoms with E-state index < -0.39 is 5.97 Å². The fraction of sp³-hybridized carbons (Fsp3) is 0.357. The third-order valence-electron chi connectivity index (χ3n) is 2.13. The van der Waals surface area contributed by atoms with Crippen LogP contribution in [-0.2, 0) is 4.79 Å². The molecular formula is C14H18O3. The van der Waals surface area contributed by atoms with Crippen LogP contribution < -0.4 is 9.47 Å². The van der Waals surface area contributed by atoms with E-state index >= 15 is 0 Å². The van der Waals surface area contributed by atoms with Crippen LogP contribution in [0.1, 0.15) is 26.7 Å². The van der Waals surface area contributed by atoms with Gasteiger partial charge in [0.15, 0.2) is 0 Å². The SMILES string of the molecule is C=C(C)C(=O)Oc1cccc(OCCCC)c1. The molecule has 0 aromatic heterocycles. The van der Waals surface area contributed by atoms with Crippen LogP contribution in [0.5, 0.6) is 11.5 Å². The first kappa shape index (κ1) is 13.3. The predicted octanol–water partition coefficient (Wildman–Crippen LogP) is 3.35. The van der Waals surface area contributed by atoms with E-state index in [-0.39, 0.29) is 0 Å². The summed E-state index contributed by atoms with van der Waals surface area (Å²) in [5.74, 6) is 0.771. The molecule has 92 valence electrons. The standard InChI is InChI=1S/C14H18O3/c1-4-5-9-16-12-7-6-8-13(10-12)17-14(15)11(2)3/h6-8,10H,2,4-5,9H2,1,3H3. The summed E-state index contributed by atoms with van der Waals surface area (Å²) in [5.41, 5.74) is 0.377. The van der Waals surface area contributed by atoms with Gasteiger partial charge < -0.3 is 9.47 Å². The fourth-order valence-electron chi connectivity index (χ4n) is 1.16. The van der Waals surface area contributed by atoms with Crippen LogP contribution in [0, 0.1) is 0 Å². The van der Waals surface area contributed by atoms with Crippen LogP contribution in [0.2, 0.25) is 0 Å². The number of esters is 1. The zero-order valence-corrected chi connectivity index (χ0v) is 10.4. The van der Waals surface area contributed by atoms with Gasteiger partial charge in [-0.2, -0.15) is 0 Å².